The topological polar surface area (TPSA) is 94.4 Å². The van der Waals surface area contributed by atoms with Gasteiger partial charge in [0.1, 0.15) is 28.8 Å². The Morgan fingerprint density at radius 2 is 1.94 bits per heavy atom. The monoisotopic (exact) mass is 485 g/mol. The van der Waals surface area contributed by atoms with Crippen molar-refractivity contribution in [3.8, 4) is 11.5 Å². The molecule has 2 aromatic carbocycles. The van der Waals surface area contributed by atoms with Crippen molar-refractivity contribution < 1.29 is 33.3 Å². The van der Waals surface area contributed by atoms with Crippen LogP contribution in [0.5, 0.6) is 11.5 Å². The number of carbonyl (C=O) groups is 2. The van der Waals surface area contributed by atoms with Crippen LogP contribution in [0, 0.1) is 5.82 Å². The van der Waals surface area contributed by atoms with E-state index in [1.54, 1.807) is 50.3 Å². The van der Waals surface area contributed by atoms with Gasteiger partial charge in [-0.2, -0.15) is 0 Å². The van der Waals surface area contributed by atoms with E-state index in [-0.39, 0.29) is 41.8 Å². The van der Waals surface area contributed by atoms with Crippen LogP contribution in [0.4, 0.5) is 4.39 Å². The number of thioether (sulfide) groups is 1. The molecular weight excluding hydrogens is 461 g/mol. The van der Waals surface area contributed by atoms with E-state index >= 15 is 0 Å². The number of methoxy groups -OCH3 is 1. The van der Waals surface area contributed by atoms with Gasteiger partial charge in [-0.1, -0.05) is 36.9 Å². The summed E-state index contributed by atoms with van der Waals surface area (Å²) in [5, 5.41) is 10.8. The van der Waals surface area contributed by atoms with Crippen molar-refractivity contribution in [2.75, 3.05) is 13.7 Å². The summed E-state index contributed by atoms with van der Waals surface area (Å²) in [7, 11) is 1.49. The number of halogens is 1. The predicted octanol–water partition coefficient (Wildman–Crippen LogP) is 5.21. The molecule has 0 fully saturated rings. The van der Waals surface area contributed by atoms with Crippen LogP contribution >= 0.6 is 11.8 Å². The maximum atomic E-state index is 13.4. The van der Waals surface area contributed by atoms with Gasteiger partial charge >= 0.3 is 5.97 Å². The van der Waals surface area contributed by atoms with Gasteiger partial charge in [0, 0.05) is 6.42 Å². The zero-order valence-electron chi connectivity index (χ0n) is 19.0. The Bertz CT molecular complexity index is 1190. The highest BCUT2D eigenvalue weighted by Gasteiger charge is 2.33. The van der Waals surface area contributed by atoms with Crippen molar-refractivity contribution in [2.45, 2.75) is 26.9 Å². The minimum absolute atomic E-state index is 0.0936. The summed E-state index contributed by atoms with van der Waals surface area (Å²) in [6, 6.07) is 11.2. The van der Waals surface area contributed by atoms with Crippen molar-refractivity contribution in [3.05, 3.63) is 75.6 Å². The summed E-state index contributed by atoms with van der Waals surface area (Å²) < 4.78 is 29.6. The lowest BCUT2D eigenvalue weighted by atomic mass is 10.1. The Hall–Kier alpha value is -3.59. The molecule has 0 aliphatic carbocycles. The second-order valence-corrected chi connectivity index (χ2v) is 8.08. The number of benzene rings is 2. The molecule has 0 saturated heterocycles. The highest BCUT2D eigenvalue weighted by atomic mass is 32.2. The average molecular weight is 486 g/mol. The lowest BCUT2D eigenvalue weighted by Gasteiger charge is -2.12. The maximum Gasteiger partial charge on any atom is 0.344 e. The molecule has 1 aliphatic heterocycles. The van der Waals surface area contributed by atoms with E-state index < -0.39 is 11.9 Å². The second-order valence-electron chi connectivity index (χ2n) is 7.05. The van der Waals surface area contributed by atoms with E-state index in [4.69, 9.17) is 14.2 Å². The smallest absolute Gasteiger partial charge is 0.344 e. The van der Waals surface area contributed by atoms with Crippen LogP contribution in [0.15, 0.2) is 63.7 Å². The first-order chi connectivity index (χ1) is 16.4. The minimum Gasteiger partial charge on any atom is -0.506 e. The first-order valence-electron chi connectivity index (χ1n) is 10.5. The minimum atomic E-state index is -0.753. The second kappa shape index (κ2) is 11.5. The standard InChI is InChI=1S/C25H24FNO6S/c1-4-21(28)27-24-22(25(30)32-5-2)23(29)20(34-24)13-15-9-10-18(19(12-15)31-3)33-14-16-7-6-8-17(26)11-16/h6-13,29H,4-5,14H2,1-3H3/b20-13-,27-24?. The summed E-state index contributed by atoms with van der Waals surface area (Å²) in [5.74, 6) is -0.940. The number of nitrogens with zero attached hydrogens (tertiary/aromatic N) is 1. The molecule has 2 aromatic rings. The summed E-state index contributed by atoms with van der Waals surface area (Å²) in [6.07, 6.45) is 1.80. The zero-order valence-corrected chi connectivity index (χ0v) is 19.8. The molecule has 7 nitrogen and oxygen atoms in total. The fourth-order valence-electron chi connectivity index (χ4n) is 3.02. The lowest BCUT2D eigenvalue weighted by molar-refractivity contribution is -0.138. The molecule has 178 valence electrons. The molecule has 3 rings (SSSR count). The Labute approximate surface area is 200 Å². The number of esters is 1. The zero-order chi connectivity index (χ0) is 24.7. The summed E-state index contributed by atoms with van der Waals surface area (Å²) in [4.78, 5) is 28.5. The van der Waals surface area contributed by atoms with Crippen LogP contribution in [-0.2, 0) is 20.9 Å². The maximum absolute atomic E-state index is 13.4. The van der Waals surface area contributed by atoms with Gasteiger partial charge in [0.15, 0.2) is 11.5 Å². The number of aliphatic hydroxyl groups excluding tert-OH is 1. The molecule has 1 N–H and O–H groups in total. The highest BCUT2D eigenvalue weighted by Crippen LogP contribution is 2.40. The lowest BCUT2D eigenvalue weighted by Crippen LogP contribution is -2.14. The molecular formula is C25H24FNO6S. The molecule has 34 heavy (non-hydrogen) atoms. The molecule has 0 spiro atoms. The van der Waals surface area contributed by atoms with E-state index in [1.807, 2.05) is 0 Å². The van der Waals surface area contributed by atoms with Crippen molar-refractivity contribution in [2.24, 2.45) is 4.99 Å². The Kier molecular flexibility index (Phi) is 8.48. The number of rotatable bonds is 8. The van der Waals surface area contributed by atoms with E-state index in [9.17, 15) is 19.1 Å². The Morgan fingerprint density at radius 1 is 1.15 bits per heavy atom. The molecule has 0 atom stereocenters. The first kappa shape index (κ1) is 25.0. The molecule has 0 unspecified atom stereocenters. The summed E-state index contributed by atoms with van der Waals surface area (Å²) in [5.41, 5.74) is 1.18. The molecule has 0 bridgehead atoms. The van der Waals surface area contributed by atoms with Crippen molar-refractivity contribution >= 4 is 34.8 Å². The fraction of sp³-hybridized carbons (Fsp3) is 0.240. The average Bonchev–Trinajstić information content (AvgIpc) is 3.12. The van der Waals surface area contributed by atoms with Gasteiger partial charge in [0.2, 0.25) is 5.91 Å². The van der Waals surface area contributed by atoms with E-state index in [0.29, 0.717) is 27.5 Å². The normalized spacial score (nSPS) is 15.6. The van der Waals surface area contributed by atoms with Gasteiger partial charge in [0.05, 0.1) is 18.6 Å². The van der Waals surface area contributed by atoms with Crippen molar-refractivity contribution in [1.29, 1.82) is 0 Å². The van der Waals surface area contributed by atoms with Crippen LogP contribution < -0.4 is 9.47 Å². The van der Waals surface area contributed by atoms with Crippen LogP contribution in [0.1, 0.15) is 31.4 Å². The van der Waals surface area contributed by atoms with Gasteiger partial charge < -0.3 is 19.3 Å². The SMILES string of the molecule is CCOC(=O)C1=C(O)/C(=C/c2ccc(OCc3cccc(F)c3)c(OC)c2)SC1=NC(=O)CC. The number of amides is 1. The largest absolute Gasteiger partial charge is 0.506 e. The first-order valence-corrected chi connectivity index (χ1v) is 11.3. The van der Waals surface area contributed by atoms with E-state index in [2.05, 4.69) is 4.99 Å². The third-order valence-corrected chi connectivity index (χ3v) is 5.69. The number of hydrogen-bond donors (Lipinski definition) is 1. The molecule has 0 radical (unpaired) electrons. The molecule has 1 heterocycles. The molecule has 1 aliphatic rings. The summed E-state index contributed by atoms with van der Waals surface area (Å²) in [6.45, 7) is 3.57. The number of carbonyl (C=O) groups excluding carboxylic acids is 2. The van der Waals surface area contributed by atoms with Gasteiger partial charge in [-0.25, -0.2) is 14.2 Å². The van der Waals surface area contributed by atoms with Crippen LogP contribution in [-0.4, -0.2) is 35.7 Å². The molecule has 0 aromatic heterocycles. The predicted molar refractivity (Wildman–Crippen MR) is 128 cm³/mol. The third-order valence-electron chi connectivity index (χ3n) is 4.67. The van der Waals surface area contributed by atoms with Gasteiger partial charge in [0.25, 0.3) is 0 Å². The molecule has 9 heteroatoms. The number of ether oxygens (including phenoxy) is 3. The van der Waals surface area contributed by atoms with Gasteiger partial charge in [-0.05, 0) is 48.4 Å². The Morgan fingerprint density at radius 3 is 2.62 bits per heavy atom. The van der Waals surface area contributed by atoms with Gasteiger partial charge in [-0.15, -0.1) is 0 Å². The fourth-order valence-corrected chi connectivity index (χ4v) is 4.05. The molecule has 1 amide bonds. The highest BCUT2D eigenvalue weighted by molar-refractivity contribution is 8.18. The molecule has 0 saturated carbocycles. The number of aliphatic hydroxyl groups is 1. The Balaban J connectivity index is 1.88. The van der Waals surface area contributed by atoms with E-state index in [0.717, 1.165) is 11.8 Å². The quantitative estimate of drug-likeness (QED) is 0.513. The van der Waals surface area contributed by atoms with Crippen molar-refractivity contribution in [1.82, 2.24) is 0 Å². The van der Waals surface area contributed by atoms with E-state index in [1.165, 1.54) is 19.2 Å². The number of aliphatic imine (C=N–C) groups is 1. The third kappa shape index (κ3) is 6.05. The van der Waals surface area contributed by atoms with Gasteiger partial charge in [-0.3, -0.25) is 4.79 Å². The van der Waals surface area contributed by atoms with Crippen LogP contribution in [0.25, 0.3) is 6.08 Å². The summed E-state index contributed by atoms with van der Waals surface area (Å²) >= 11 is 1.00. The van der Waals surface area contributed by atoms with Crippen molar-refractivity contribution in [3.63, 3.8) is 0 Å². The van der Waals surface area contributed by atoms with Crippen LogP contribution in [0.2, 0.25) is 0 Å². The van der Waals surface area contributed by atoms with Crippen LogP contribution in [0.3, 0.4) is 0 Å². The number of hydrogen-bond acceptors (Lipinski definition) is 7.